The van der Waals surface area contributed by atoms with Gasteiger partial charge in [-0.2, -0.15) is 0 Å². The second kappa shape index (κ2) is 14.3. The highest BCUT2D eigenvalue weighted by molar-refractivity contribution is 5.95. The number of carboxylic acids is 1. The van der Waals surface area contributed by atoms with Crippen molar-refractivity contribution in [1.82, 2.24) is 16.0 Å². The molecule has 0 aliphatic carbocycles. The molecule has 0 radical (unpaired) electrons. The predicted molar refractivity (Wildman–Crippen MR) is 115 cm³/mol. The van der Waals surface area contributed by atoms with Crippen LogP contribution in [0.2, 0.25) is 0 Å². The Bertz CT molecular complexity index is 671. The van der Waals surface area contributed by atoms with Crippen LogP contribution in [0, 0.1) is 5.92 Å². The van der Waals surface area contributed by atoms with Crippen molar-refractivity contribution in [3.8, 4) is 0 Å². The van der Waals surface area contributed by atoms with Crippen molar-refractivity contribution in [3.63, 3.8) is 0 Å². The van der Waals surface area contributed by atoms with Crippen LogP contribution in [0.3, 0.4) is 0 Å². The topological polar surface area (TPSA) is 240 Å². The lowest BCUT2D eigenvalue weighted by atomic mass is 10.0. The van der Waals surface area contributed by atoms with Gasteiger partial charge in [0.05, 0.1) is 18.6 Å². The number of carbonyl (C=O) groups excluding carboxylic acids is 4. The molecule has 0 aromatic heterocycles. The third-order valence-corrected chi connectivity index (χ3v) is 4.68. The summed E-state index contributed by atoms with van der Waals surface area (Å²) in [5.41, 5.74) is 16.3. The fourth-order valence-electron chi connectivity index (χ4n) is 2.65. The van der Waals surface area contributed by atoms with Crippen LogP contribution in [0.4, 0.5) is 0 Å². The zero-order chi connectivity index (χ0) is 25.0. The molecule has 0 spiro atoms. The second-order valence-corrected chi connectivity index (χ2v) is 7.91. The van der Waals surface area contributed by atoms with Crippen molar-refractivity contribution in [1.29, 1.82) is 0 Å². The van der Waals surface area contributed by atoms with E-state index in [1.54, 1.807) is 13.8 Å². The summed E-state index contributed by atoms with van der Waals surface area (Å²) in [6.45, 7) is 5.08. The molecule has 32 heavy (non-hydrogen) atoms. The van der Waals surface area contributed by atoms with Gasteiger partial charge in [0, 0.05) is 0 Å². The number of hydrogen-bond acceptors (Lipinski definition) is 8. The van der Waals surface area contributed by atoms with Crippen LogP contribution in [0.15, 0.2) is 0 Å². The highest BCUT2D eigenvalue weighted by atomic mass is 16.4. The molecule has 0 saturated heterocycles. The Balaban J connectivity index is 5.44. The van der Waals surface area contributed by atoms with Crippen molar-refractivity contribution in [2.24, 2.45) is 23.1 Å². The van der Waals surface area contributed by atoms with Crippen molar-refractivity contribution in [2.45, 2.75) is 76.7 Å². The average Bonchev–Trinajstić information content (AvgIpc) is 2.68. The van der Waals surface area contributed by atoms with Gasteiger partial charge in [0.1, 0.15) is 18.1 Å². The summed E-state index contributed by atoms with van der Waals surface area (Å²) < 4.78 is 0. The number of carboxylic acid groups (broad SMARTS) is 1. The van der Waals surface area contributed by atoms with Crippen molar-refractivity contribution >= 4 is 29.6 Å². The van der Waals surface area contributed by atoms with E-state index >= 15 is 0 Å². The zero-order valence-corrected chi connectivity index (χ0v) is 18.7. The monoisotopic (exact) mass is 460 g/mol. The Morgan fingerprint density at radius 3 is 1.88 bits per heavy atom. The molecule has 0 aliphatic heterocycles. The predicted octanol–water partition coefficient (Wildman–Crippen LogP) is -3.11. The molecule has 0 heterocycles. The largest absolute Gasteiger partial charge is 0.480 e. The SMILES string of the molecule is CC(C)C(N)C(=O)NC(CCCCN)C(=O)NC(C(=O)NC(CC(N)=O)C(=O)O)C(C)O. The minimum Gasteiger partial charge on any atom is -0.480 e. The van der Waals surface area contributed by atoms with E-state index in [0.717, 1.165) is 0 Å². The summed E-state index contributed by atoms with van der Waals surface area (Å²) in [6.07, 6.45) is -0.805. The molecule has 0 fully saturated rings. The lowest BCUT2D eigenvalue weighted by Gasteiger charge is -2.26. The first-order valence-electron chi connectivity index (χ1n) is 10.4. The first-order chi connectivity index (χ1) is 14.8. The minimum atomic E-state index is -1.64. The fourth-order valence-corrected chi connectivity index (χ4v) is 2.65. The average molecular weight is 461 g/mol. The summed E-state index contributed by atoms with van der Waals surface area (Å²) in [6, 6.07) is -5.11. The van der Waals surface area contributed by atoms with Crippen molar-refractivity contribution < 1.29 is 34.2 Å². The van der Waals surface area contributed by atoms with Gasteiger partial charge in [-0.1, -0.05) is 13.8 Å². The number of nitrogens with two attached hydrogens (primary N) is 3. The molecule has 11 N–H and O–H groups in total. The van der Waals surface area contributed by atoms with Crippen LogP contribution in [0.5, 0.6) is 0 Å². The Labute approximate surface area is 186 Å². The minimum absolute atomic E-state index is 0.183. The smallest absolute Gasteiger partial charge is 0.326 e. The van der Waals surface area contributed by atoms with Gasteiger partial charge in [0.2, 0.25) is 23.6 Å². The van der Waals surface area contributed by atoms with Gasteiger partial charge in [-0.05, 0) is 38.6 Å². The lowest BCUT2D eigenvalue weighted by Crippen LogP contribution is -2.60. The van der Waals surface area contributed by atoms with Gasteiger partial charge in [-0.15, -0.1) is 0 Å². The van der Waals surface area contributed by atoms with Crippen LogP contribution >= 0.6 is 0 Å². The molecule has 13 nitrogen and oxygen atoms in total. The Hall–Kier alpha value is -2.77. The molecule has 0 bridgehead atoms. The van der Waals surface area contributed by atoms with E-state index in [-0.39, 0.29) is 12.3 Å². The zero-order valence-electron chi connectivity index (χ0n) is 18.7. The molecule has 0 rings (SSSR count). The molecule has 0 aromatic carbocycles. The van der Waals surface area contributed by atoms with E-state index in [9.17, 15) is 29.1 Å². The summed E-state index contributed by atoms with van der Waals surface area (Å²) in [5, 5.41) is 26.0. The maximum Gasteiger partial charge on any atom is 0.326 e. The first-order valence-corrected chi connectivity index (χ1v) is 10.4. The number of aliphatic carboxylic acids is 1. The van der Waals surface area contributed by atoms with E-state index in [1.807, 2.05) is 0 Å². The lowest BCUT2D eigenvalue weighted by molar-refractivity contribution is -0.144. The van der Waals surface area contributed by atoms with E-state index in [2.05, 4.69) is 16.0 Å². The van der Waals surface area contributed by atoms with E-state index in [4.69, 9.17) is 22.3 Å². The summed E-state index contributed by atoms with van der Waals surface area (Å²) in [4.78, 5) is 59.9. The maximum atomic E-state index is 12.8. The number of amides is 4. The van der Waals surface area contributed by atoms with Crippen LogP contribution in [-0.4, -0.2) is 76.6 Å². The van der Waals surface area contributed by atoms with Gasteiger partial charge in [-0.25, -0.2) is 4.79 Å². The van der Waals surface area contributed by atoms with E-state index < -0.39 is 66.3 Å². The molecular formula is C19H36N6O7. The van der Waals surface area contributed by atoms with Crippen LogP contribution in [-0.2, 0) is 24.0 Å². The number of aliphatic hydroxyl groups excluding tert-OH is 1. The molecule has 5 atom stereocenters. The number of primary amides is 1. The summed E-state index contributed by atoms with van der Waals surface area (Å²) in [7, 11) is 0. The van der Waals surface area contributed by atoms with Crippen molar-refractivity contribution in [2.75, 3.05) is 6.54 Å². The molecule has 4 amide bonds. The number of rotatable bonds is 15. The van der Waals surface area contributed by atoms with E-state index in [1.165, 1.54) is 6.92 Å². The summed E-state index contributed by atoms with van der Waals surface area (Å²) in [5.74, 6) is -5.01. The third-order valence-electron chi connectivity index (χ3n) is 4.68. The molecule has 0 aromatic rings. The number of hydrogen-bond donors (Lipinski definition) is 8. The van der Waals surface area contributed by atoms with Crippen LogP contribution in [0.1, 0.15) is 46.5 Å². The molecule has 184 valence electrons. The van der Waals surface area contributed by atoms with Crippen LogP contribution in [0.25, 0.3) is 0 Å². The highest BCUT2D eigenvalue weighted by Gasteiger charge is 2.33. The Kier molecular flexibility index (Phi) is 13.1. The highest BCUT2D eigenvalue weighted by Crippen LogP contribution is 2.06. The quantitative estimate of drug-likeness (QED) is 0.115. The second-order valence-electron chi connectivity index (χ2n) is 7.91. The molecule has 0 aliphatic rings. The fraction of sp³-hybridized carbons (Fsp3) is 0.737. The van der Waals surface area contributed by atoms with Crippen molar-refractivity contribution in [3.05, 3.63) is 0 Å². The third kappa shape index (κ3) is 10.5. The molecular weight excluding hydrogens is 424 g/mol. The van der Waals surface area contributed by atoms with Gasteiger partial charge in [0.25, 0.3) is 0 Å². The van der Waals surface area contributed by atoms with E-state index in [0.29, 0.717) is 19.4 Å². The Morgan fingerprint density at radius 1 is 0.875 bits per heavy atom. The van der Waals surface area contributed by atoms with Gasteiger partial charge in [0.15, 0.2) is 0 Å². The maximum absolute atomic E-state index is 12.8. The number of aliphatic hydroxyl groups is 1. The molecule has 13 heteroatoms. The summed E-state index contributed by atoms with van der Waals surface area (Å²) >= 11 is 0. The standard InChI is InChI=1S/C19H36N6O7/c1-9(2)14(22)17(29)23-11(6-4-5-7-20)16(28)25-15(10(3)26)18(30)24-12(19(31)32)8-13(21)27/h9-12,14-15,26H,4-8,20,22H2,1-3H3,(H2,21,27)(H,23,29)(H,24,30)(H,25,28)(H,31,32). The van der Waals surface area contributed by atoms with Crippen LogP contribution < -0.4 is 33.2 Å². The Morgan fingerprint density at radius 2 is 1.44 bits per heavy atom. The van der Waals surface area contributed by atoms with Gasteiger partial charge >= 0.3 is 5.97 Å². The molecule has 5 unspecified atom stereocenters. The number of unbranched alkanes of at least 4 members (excludes halogenated alkanes) is 1. The normalized spacial score (nSPS) is 15.7. The van der Waals surface area contributed by atoms with Gasteiger partial charge in [-0.3, -0.25) is 19.2 Å². The molecule has 0 saturated carbocycles. The number of carbonyl (C=O) groups is 5. The first kappa shape index (κ1) is 29.2. The van der Waals surface area contributed by atoms with Gasteiger partial charge < -0.3 is 43.4 Å². The number of nitrogens with one attached hydrogen (secondary N) is 3.